The number of para-hydroxylation sites is 8. The van der Waals surface area contributed by atoms with Gasteiger partial charge in [-0.25, -0.2) is 4.85 Å². The molecule has 6 aromatic heterocycles. The van der Waals surface area contributed by atoms with E-state index in [1.54, 1.807) is 13.0 Å². The van der Waals surface area contributed by atoms with E-state index in [0.29, 0.717) is 16.8 Å². The summed E-state index contributed by atoms with van der Waals surface area (Å²) >= 11 is 0. The number of benzene rings is 15. The summed E-state index contributed by atoms with van der Waals surface area (Å²) in [6.45, 7) is 10.5. The van der Waals surface area contributed by atoms with E-state index in [1.165, 1.54) is 33.7 Å². The third kappa shape index (κ3) is 8.57. The molecule has 0 fully saturated rings. The molecule has 0 aliphatic rings. The van der Waals surface area contributed by atoms with Crippen LogP contribution in [0.5, 0.6) is 0 Å². The van der Waals surface area contributed by atoms with Crippen LogP contribution in [0.15, 0.2) is 322 Å². The van der Waals surface area contributed by atoms with Gasteiger partial charge in [-0.1, -0.05) is 170 Å². The fourth-order valence-electron chi connectivity index (χ4n) is 17.2. The summed E-state index contributed by atoms with van der Waals surface area (Å²) in [6.07, 6.45) is -4.53. The van der Waals surface area contributed by atoms with Crippen LogP contribution in [0.1, 0.15) is 11.1 Å². The van der Waals surface area contributed by atoms with E-state index in [2.05, 4.69) is 317 Å². The lowest BCUT2D eigenvalue weighted by atomic mass is 9.93. The van der Waals surface area contributed by atoms with E-state index >= 15 is 0 Å². The molecule has 15 aromatic carbocycles. The van der Waals surface area contributed by atoms with E-state index in [9.17, 15) is 13.2 Å². The summed E-state index contributed by atoms with van der Waals surface area (Å²) in [5.41, 5.74) is 21.4. The summed E-state index contributed by atoms with van der Waals surface area (Å²) in [4.78, 5) is 4.17. The maximum Gasteiger partial charge on any atom is 0.416 e. The fourth-order valence-corrected chi connectivity index (χ4v) is 17.2. The van der Waals surface area contributed by atoms with E-state index in [1.807, 2.05) is 18.2 Å². The first kappa shape index (κ1) is 58.4. The van der Waals surface area contributed by atoms with Crippen LogP contribution >= 0.6 is 0 Å². The molecule has 0 radical (unpaired) electrons. The van der Waals surface area contributed by atoms with Crippen LogP contribution in [0.3, 0.4) is 0 Å². The first-order chi connectivity index (χ1) is 50.6. The zero-order valence-electron chi connectivity index (χ0n) is 55.4. The molecule has 0 spiro atoms. The van der Waals surface area contributed by atoms with Gasteiger partial charge in [-0.05, 0) is 181 Å². The summed E-state index contributed by atoms with van der Waals surface area (Å²) in [5, 5.41) is 13.4. The van der Waals surface area contributed by atoms with E-state index in [-0.39, 0.29) is 0 Å². The van der Waals surface area contributed by atoms with Gasteiger partial charge >= 0.3 is 6.18 Å². The van der Waals surface area contributed by atoms with Crippen molar-refractivity contribution in [2.75, 3.05) is 0 Å². The minimum absolute atomic E-state index is 0.448. The quantitative estimate of drug-likeness (QED) is 0.136. The molecule has 21 aromatic rings. The number of aryl methyl sites for hydroxylation is 1. The molecule has 0 saturated carbocycles. The molecule has 0 bridgehead atoms. The van der Waals surface area contributed by atoms with Gasteiger partial charge in [0.2, 0.25) is 0 Å². The fraction of sp³-hybridized carbons (Fsp3) is 0.0215. The van der Waals surface area contributed by atoms with Gasteiger partial charge in [0.15, 0.2) is 5.69 Å². The van der Waals surface area contributed by atoms with Crippen molar-refractivity contribution in [2.24, 2.45) is 0 Å². The molecule has 0 amide bonds. The number of nitrogens with zero attached hydrogens (tertiary/aromatic N) is 7. The minimum Gasteiger partial charge on any atom is -0.309 e. The second-order valence-electron chi connectivity index (χ2n) is 27.0. The summed E-state index contributed by atoms with van der Waals surface area (Å²) in [6, 6.07) is 112. The number of alkyl halides is 3. The van der Waals surface area contributed by atoms with Crippen molar-refractivity contribution in [3.8, 4) is 56.4 Å². The molecule has 6 heterocycles. The normalized spacial score (nSPS) is 12.3. The lowest BCUT2D eigenvalue weighted by Crippen LogP contribution is -2.05. The summed E-state index contributed by atoms with van der Waals surface area (Å²) < 4.78 is 58.0. The molecular formula is C93H56F3N7. The molecule has 0 aliphatic heterocycles. The monoisotopic (exact) mass is 1330 g/mol. The molecule has 103 heavy (non-hydrogen) atoms. The van der Waals surface area contributed by atoms with Crippen molar-refractivity contribution < 1.29 is 13.2 Å². The van der Waals surface area contributed by atoms with Crippen molar-refractivity contribution in [3.63, 3.8) is 0 Å². The lowest BCUT2D eigenvalue weighted by molar-refractivity contribution is -0.137. The summed E-state index contributed by atoms with van der Waals surface area (Å²) in [7, 11) is 0. The third-order valence-corrected chi connectivity index (χ3v) is 21.6. The van der Waals surface area contributed by atoms with Crippen LogP contribution in [0.25, 0.3) is 192 Å². The molecule has 21 rings (SSSR count). The Kier molecular flexibility index (Phi) is 12.4. The van der Waals surface area contributed by atoms with Crippen molar-refractivity contribution in [3.05, 3.63) is 344 Å². The average Bonchev–Trinajstić information content (AvgIpc) is 1.58. The maximum atomic E-state index is 14.6. The minimum atomic E-state index is -4.53. The average molecular weight is 1330 g/mol. The van der Waals surface area contributed by atoms with Gasteiger partial charge in [0.1, 0.15) is 0 Å². The molecule has 0 unspecified atom stereocenters. The molecule has 0 saturated heterocycles. The number of hydrogen-bond acceptors (Lipinski definition) is 0. The van der Waals surface area contributed by atoms with Crippen LogP contribution in [-0.2, 0) is 6.18 Å². The topological polar surface area (TPSA) is 33.9 Å². The predicted molar refractivity (Wildman–Crippen MR) is 419 cm³/mol. The van der Waals surface area contributed by atoms with E-state index in [4.69, 9.17) is 6.57 Å². The molecule has 0 atom stereocenters. The highest BCUT2D eigenvalue weighted by Gasteiger charge is 2.32. The molecule has 7 nitrogen and oxygen atoms in total. The standard InChI is InChI=1S/C93H56F3N7/c1-56-49-58(93(94,95)96)36-43-64(56)57-35-42-73(92(50-57)103-90-47-40-62(100-83-31-15-7-23-69(83)70-24-8-16-32-84(70)100)54-77(90)78-55-63(41-48-91(78)103)101-85-33-17-9-25-71(85)72-26-10-18-34-86(72)101)74-51-59(97-2)37-44-87(74)102-88-45-38-60(98-79-27-11-3-19-65(79)66-20-4-12-28-80(66)98)52-75(88)76-53-61(39-46-89(76)102)99-81-29-13-5-21-67(81)68-22-6-14-30-82(68)99/h3-55H,1H3. The Balaban J connectivity index is 0.859. The second kappa shape index (κ2) is 21.9. The Labute approximate surface area is 587 Å². The van der Waals surface area contributed by atoms with Crippen LogP contribution in [0.2, 0.25) is 0 Å². The third-order valence-electron chi connectivity index (χ3n) is 21.6. The Hall–Kier alpha value is -13.6. The zero-order valence-corrected chi connectivity index (χ0v) is 55.4. The highest BCUT2D eigenvalue weighted by atomic mass is 19.4. The first-order valence-corrected chi connectivity index (χ1v) is 34.6. The van der Waals surface area contributed by atoms with Gasteiger partial charge in [-0.15, -0.1) is 0 Å². The molecule has 10 heteroatoms. The predicted octanol–water partition coefficient (Wildman–Crippen LogP) is 25.5. The van der Waals surface area contributed by atoms with Gasteiger partial charge in [0.05, 0.1) is 89.7 Å². The highest BCUT2D eigenvalue weighted by molar-refractivity contribution is 6.17. The summed E-state index contributed by atoms with van der Waals surface area (Å²) in [5.74, 6) is 0. The molecule has 0 aliphatic carbocycles. The zero-order chi connectivity index (χ0) is 68.5. The smallest absolute Gasteiger partial charge is 0.309 e. The number of halogens is 3. The van der Waals surface area contributed by atoms with Crippen molar-refractivity contribution in [1.29, 1.82) is 0 Å². The van der Waals surface area contributed by atoms with E-state index in [0.717, 1.165) is 160 Å². The van der Waals surface area contributed by atoms with Gasteiger partial charge in [-0.2, -0.15) is 13.2 Å². The highest BCUT2D eigenvalue weighted by Crippen LogP contribution is 2.48. The van der Waals surface area contributed by atoms with Crippen molar-refractivity contribution in [2.45, 2.75) is 13.1 Å². The largest absolute Gasteiger partial charge is 0.416 e. The molecule has 0 N–H and O–H groups in total. The van der Waals surface area contributed by atoms with Crippen molar-refractivity contribution in [1.82, 2.24) is 27.4 Å². The van der Waals surface area contributed by atoms with Crippen molar-refractivity contribution >= 4 is 137 Å². The first-order valence-electron chi connectivity index (χ1n) is 34.6. The van der Waals surface area contributed by atoms with Gasteiger partial charge in [0.25, 0.3) is 0 Å². The number of rotatable bonds is 8. The second-order valence-corrected chi connectivity index (χ2v) is 27.0. The van der Waals surface area contributed by atoms with Gasteiger partial charge in [0, 0.05) is 92.9 Å². The van der Waals surface area contributed by atoms with E-state index < -0.39 is 11.7 Å². The number of aromatic nitrogens is 6. The Bertz CT molecular complexity index is 6720. The van der Waals surface area contributed by atoms with Crippen LogP contribution < -0.4 is 0 Å². The Morgan fingerprint density at radius 3 is 0.864 bits per heavy atom. The Morgan fingerprint density at radius 2 is 0.553 bits per heavy atom. The van der Waals surface area contributed by atoms with Crippen LogP contribution in [-0.4, -0.2) is 27.4 Å². The molecule has 484 valence electrons. The maximum absolute atomic E-state index is 14.6. The number of hydrogen-bond donors (Lipinski definition) is 0. The number of fused-ring (bicyclic) bond motifs is 18. The van der Waals surface area contributed by atoms with Gasteiger partial charge in [-0.3, -0.25) is 0 Å². The SMILES string of the molecule is [C-]#[N+]c1ccc(-n2c3ccc(-n4c5ccccc5c5ccccc54)cc3c3cc(-n4c5ccccc5c5ccccc54)ccc32)c(-c2ccc(-c3ccc(C(F)(F)F)cc3C)cc2-n2c3ccc(-n4c5ccccc5c5ccccc54)cc3c3cc(-n4c5ccccc5c5ccccc54)ccc32)c1. The van der Waals surface area contributed by atoms with Crippen LogP contribution in [0, 0.1) is 13.5 Å². The molecular weight excluding hydrogens is 1270 g/mol. The lowest BCUT2D eigenvalue weighted by Gasteiger charge is -2.21. The van der Waals surface area contributed by atoms with Gasteiger partial charge < -0.3 is 27.4 Å². The van der Waals surface area contributed by atoms with Crippen LogP contribution in [0.4, 0.5) is 18.9 Å². The Morgan fingerprint density at radius 1 is 0.252 bits per heavy atom.